The van der Waals surface area contributed by atoms with Crippen LogP contribution in [0.3, 0.4) is 0 Å². The third-order valence-electron chi connectivity index (χ3n) is 5.97. The van der Waals surface area contributed by atoms with Gasteiger partial charge in [0.2, 0.25) is 5.91 Å². The Morgan fingerprint density at radius 3 is 2.03 bits per heavy atom. The summed E-state index contributed by atoms with van der Waals surface area (Å²) >= 11 is 0. The average molecular weight is 473 g/mol. The number of aliphatic hydroxyl groups excluding tert-OH is 2. The number of hydrogen-bond donors (Lipinski definition) is 3. The fourth-order valence-corrected chi connectivity index (χ4v) is 3.93. The van der Waals surface area contributed by atoms with Crippen LogP contribution in [0.5, 0.6) is 0 Å². The molecule has 8 heteroatoms. The lowest BCUT2D eigenvalue weighted by molar-refractivity contribution is -0.697. The molecule has 34 heavy (non-hydrogen) atoms. The fourth-order valence-electron chi connectivity index (χ4n) is 3.93. The maximum atomic E-state index is 12.2. The number of aryl methyl sites for hydroxylation is 1. The van der Waals surface area contributed by atoms with Gasteiger partial charge in [0.1, 0.15) is 12.6 Å². The number of hydrogen-bond acceptors (Lipinski definition) is 5. The van der Waals surface area contributed by atoms with E-state index in [1.165, 1.54) is 62.8 Å². The lowest BCUT2D eigenvalue weighted by Crippen LogP contribution is -2.41. The zero-order valence-corrected chi connectivity index (χ0v) is 19.8. The highest BCUT2D eigenvalue weighted by Crippen LogP contribution is 2.20. The fraction of sp³-hybridized carbons (Fsp3) is 0.538. The number of amides is 1. The number of unbranched alkanes of at least 4 members (excludes halogenated alkanes) is 8. The molecule has 0 bridgehead atoms. The van der Waals surface area contributed by atoms with Gasteiger partial charge in [0, 0.05) is 37.1 Å². The summed E-state index contributed by atoms with van der Waals surface area (Å²) in [5, 5.41) is 33.4. The summed E-state index contributed by atoms with van der Waals surface area (Å²) in [6, 6.07) is 10.7. The topological polar surface area (TPSA) is 117 Å². The number of nitro benzene ring substituents is 1. The number of rotatable bonds is 17. The van der Waals surface area contributed by atoms with Crippen molar-refractivity contribution in [3.05, 3.63) is 70.5 Å². The quantitative estimate of drug-likeness (QED) is 0.139. The Morgan fingerprint density at radius 2 is 1.47 bits per heavy atom. The second kappa shape index (κ2) is 15.9. The van der Waals surface area contributed by atoms with Crippen molar-refractivity contribution in [3.8, 4) is 0 Å². The number of carbonyl (C=O) groups is 1. The summed E-state index contributed by atoms with van der Waals surface area (Å²) in [4.78, 5) is 22.4. The molecule has 2 atom stereocenters. The average Bonchev–Trinajstić information content (AvgIpc) is 2.86. The van der Waals surface area contributed by atoms with Crippen LogP contribution in [0.15, 0.2) is 54.9 Å². The van der Waals surface area contributed by atoms with Crippen molar-refractivity contribution in [1.82, 2.24) is 5.32 Å². The van der Waals surface area contributed by atoms with Gasteiger partial charge in [0.05, 0.1) is 17.6 Å². The molecule has 0 aliphatic carbocycles. The van der Waals surface area contributed by atoms with Crippen LogP contribution in [0.25, 0.3) is 0 Å². The van der Waals surface area contributed by atoms with Crippen molar-refractivity contribution < 1.29 is 24.5 Å². The van der Waals surface area contributed by atoms with Crippen LogP contribution in [0, 0.1) is 10.1 Å². The summed E-state index contributed by atoms with van der Waals surface area (Å²) in [6.45, 7) is 0.652. The van der Waals surface area contributed by atoms with Gasteiger partial charge in [-0.25, -0.2) is 4.57 Å². The van der Waals surface area contributed by atoms with Gasteiger partial charge in [-0.2, -0.15) is 0 Å². The minimum Gasteiger partial charge on any atom is -0.394 e. The van der Waals surface area contributed by atoms with E-state index in [9.17, 15) is 25.1 Å². The smallest absolute Gasteiger partial charge is 0.269 e. The van der Waals surface area contributed by atoms with E-state index < -0.39 is 23.7 Å². The Hall–Kier alpha value is -2.84. The largest absolute Gasteiger partial charge is 0.394 e. The Labute approximate surface area is 201 Å². The first-order chi connectivity index (χ1) is 16.5. The zero-order valence-electron chi connectivity index (χ0n) is 19.8. The minimum absolute atomic E-state index is 0.0808. The van der Waals surface area contributed by atoms with E-state index in [1.807, 2.05) is 6.07 Å². The highest BCUT2D eigenvalue weighted by atomic mass is 16.6. The van der Waals surface area contributed by atoms with Gasteiger partial charge in [-0.05, 0) is 30.5 Å². The summed E-state index contributed by atoms with van der Waals surface area (Å²) in [5.74, 6) is -0.212. The third-order valence-corrected chi connectivity index (χ3v) is 5.97. The third kappa shape index (κ3) is 10.4. The molecule has 0 aliphatic heterocycles. The molecule has 2 aromatic rings. The number of benzene rings is 1. The number of nitrogens with zero attached hydrogens (tertiary/aromatic N) is 2. The molecule has 1 aromatic carbocycles. The summed E-state index contributed by atoms with van der Waals surface area (Å²) in [5.41, 5.74) is 0.325. The highest BCUT2D eigenvalue weighted by molar-refractivity contribution is 5.76. The Kier molecular flexibility index (Phi) is 12.8. The van der Waals surface area contributed by atoms with Gasteiger partial charge < -0.3 is 15.5 Å². The molecular weight excluding hydrogens is 434 g/mol. The van der Waals surface area contributed by atoms with Crippen molar-refractivity contribution >= 4 is 11.6 Å². The van der Waals surface area contributed by atoms with E-state index in [1.54, 1.807) is 0 Å². The first-order valence-electron chi connectivity index (χ1n) is 12.3. The van der Waals surface area contributed by atoms with Gasteiger partial charge in [-0.15, -0.1) is 0 Å². The monoisotopic (exact) mass is 472 g/mol. The predicted octanol–water partition coefficient (Wildman–Crippen LogP) is 3.99. The molecule has 0 spiro atoms. The summed E-state index contributed by atoms with van der Waals surface area (Å²) < 4.78 is 2.22. The number of nitro groups is 1. The molecule has 1 aromatic heterocycles. The van der Waals surface area contributed by atoms with Gasteiger partial charge in [0.25, 0.3) is 5.69 Å². The number of carbonyl (C=O) groups excluding carboxylic acids is 1. The lowest BCUT2D eigenvalue weighted by atomic mass is 10.0. The van der Waals surface area contributed by atoms with Crippen molar-refractivity contribution in [2.45, 2.75) is 82.9 Å². The Morgan fingerprint density at radius 1 is 0.912 bits per heavy atom. The molecule has 0 unspecified atom stereocenters. The van der Waals surface area contributed by atoms with E-state index in [0.29, 0.717) is 12.0 Å². The summed E-state index contributed by atoms with van der Waals surface area (Å²) in [7, 11) is 0. The van der Waals surface area contributed by atoms with Crippen molar-refractivity contribution in [1.29, 1.82) is 0 Å². The molecule has 1 heterocycles. The Balaban J connectivity index is 1.51. The first kappa shape index (κ1) is 27.4. The molecule has 0 saturated carbocycles. The molecule has 3 N–H and O–H groups in total. The highest BCUT2D eigenvalue weighted by Gasteiger charge is 2.22. The molecule has 0 radical (unpaired) electrons. The van der Waals surface area contributed by atoms with E-state index in [-0.39, 0.29) is 11.6 Å². The standard InChI is InChI=1S/C26H37N3O5/c30-21-24(26(32)22-14-16-23(17-15-22)29(33)34)27-25(31)13-9-6-4-2-1-3-5-7-10-18-28-19-11-8-12-20-28/h8,11-12,14-17,19-20,24,26,30,32H,1-7,9-10,13,18,21H2/p+1/t24-,26-/m1/s1. The maximum absolute atomic E-state index is 12.2. The van der Waals surface area contributed by atoms with Crippen molar-refractivity contribution in [2.75, 3.05) is 6.61 Å². The van der Waals surface area contributed by atoms with Gasteiger partial charge in [-0.1, -0.05) is 44.6 Å². The second-order valence-electron chi connectivity index (χ2n) is 8.70. The number of non-ortho nitro benzene ring substituents is 1. The molecule has 0 fully saturated rings. The molecule has 2 rings (SSSR count). The van der Waals surface area contributed by atoms with Crippen LogP contribution in [0.1, 0.15) is 75.9 Å². The number of aliphatic hydroxyl groups is 2. The number of aromatic nitrogens is 1. The van der Waals surface area contributed by atoms with Crippen molar-refractivity contribution in [3.63, 3.8) is 0 Å². The van der Waals surface area contributed by atoms with Gasteiger partial charge >= 0.3 is 0 Å². The molecule has 1 amide bonds. The van der Waals surface area contributed by atoms with Crippen LogP contribution in [-0.2, 0) is 11.3 Å². The zero-order chi connectivity index (χ0) is 24.6. The van der Waals surface area contributed by atoms with E-state index in [4.69, 9.17) is 0 Å². The molecule has 0 aliphatic rings. The molecular formula is C26H38N3O5+. The molecule has 186 valence electrons. The second-order valence-corrected chi connectivity index (χ2v) is 8.70. The van der Waals surface area contributed by atoms with Crippen LogP contribution >= 0.6 is 0 Å². The van der Waals surface area contributed by atoms with E-state index in [2.05, 4.69) is 34.4 Å². The molecule has 8 nitrogen and oxygen atoms in total. The van der Waals surface area contributed by atoms with E-state index in [0.717, 1.165) is 25.8 Å². The van der Waals surface area contributed by atoms with Gasteiger partial charge in [-0.3, -0.25) is 14.9 Å². The van der Waals surface area contributed by atoms with Crippen LogP contribution in [0.2, 0.25) is 0 Å². The van der Waals surface area contributed by atoms with Gasteiger partial charge in [0.15, 0.2) is 12.4 Å². The van der Waals surface area contributed by atoms with Crippen LogP contribution < -0.4 is 9.88 Å². The van der Waals surface area contributed by atoms with Crippen molar-refractivity contribution in [2.24, 2.45) is 0 Å². The normalized spacial score (nSPS) is 12.8. The SMILES string of the molecule is O=C(CCCCCCCCCCC[n+]1ccccc1)N[C@H](CO)[C@H](O)c1ccc([N+](=O)[O-])cc1. The number of nitrogens with one attached hydrogen (secondary N) is 1. The Bertz CT molecular complexity index is 845. The predicted molar refractivity (Wildman–Crippen MR) is 130 cm³/mol. The molecule has 0 saturated heterocycles. The number of pyridine rings is 1. The first-order valence-corrected chi connectivity index (χ1v) is 12.3. The van der Waals surface area contributed by atoms with Crippen LogP contribution in [-0.4, -0.2) is 33.7 Å². The maximum Gasteiger partial charge on any atom is 0.269 e. The van der Waals surface area contributed by atoms with Crippen LogP contribution in [0.4, 0.5) is 5.69 Å². The van der Waals surface area contributed by atoms with E-state index >= 15 is 0 Å². The lowest BCUT2D eigenvalue weighted by Gasteiger charge is -2.22. The minimum atomic E-state index is -1.14. The summed E-state index contributed by atoms with van der Waals surface area (Å²) in [6.07, 6.45) is 13.6.